The van der Waals surface area contributed by atoms with Crippen LogP contribution in [0.4, 0.5) is 0 Å². The third-order valence-electron chi connectivity index (χ3n) is 3.76. The van der Waals surface area contributed by atoms with Crippen molar-refractivity contribution >= 4 is 11.6 Å². The summed E-state index contributed by atoms with van der Waals surface area (Å²) in [5.41, 5.74) is 4.25. The molecular formula is C17H16. The number of allylic oxidation sites excluding steroid dienone is 6. The molecule has 0 aliphatic heterocycles. The number of benzene rings is 1. The third kappa shape index (κ3) is 1.61. The molecule has 2 aliphatic carbocycles. The summed E-state index contributed by atoms with van der Waals surface area (Å²) in [6, 6.07) is 8.66. The smallest absolute Gasteiger partial charge is 0.00322 e. The predicted molar refractivity (Wildman–Crippen MR) is 73.7 cm³/mol. The fraction of sp³-hybridized carbons (Fsp3) is 0.176. The van der Waals surface area contributed by atoms with E-state index in [0.29, 0.717) is 5.92 Å². The molecule has 0 amide bonds. The van der Waals surface area contributed by atoms with E-state index in [9.17, 15) is 0 Å². The molecule has 0 aromatic heterocycles. The Morgan fingerprint density at radius 1 is 1.00 bits per heavy atom. The molecule has 0 fully saturated rings. The summed E-state index contributed by atoms with van der Waals surface area (Å²) >= 11 is 0. The van der Waals surface area contributed by atoms with Crippen molar-refractivity contribution in [2.24, 2.45) is 5.92 Å². The second-order valence-corrected chi connectivity index (χ2v) is 4.78. The predicted octanol–water partition coefficient (Wildman–Crippen LogP) is 2.71. The van der Waals surface area contributed by atoms with Crippen molar-refractivity contribution in [3.05, 3.63) is 70.2 Å². The molecule has 1 unspecified atom stereocenters. The third-order valence-corrected chi connectivity index (χ3v) is 3.76. The van der Waals surface area contributed by atoms with Crippen LogP contribution in [0.1, 0.15) is 13.8 Å². The molecule has 0 saturated carbocycles. The van der Waals surface area contributed by atoms with Crippen LogP contribution in [0.25, 0.3) is 11.6 Å². The molecule has 0 nitrogen and oxygen atoms in total. The Kier molecular flexibility index (Phi) is 2.36. The van der Waals surface area contributed by atoms with Gasteiger partial charge in [0.15, 0.2) is 0 Å². The van der Waals surface area contributed by atoms with Crippen molar-refractivity contribution in [2.45, 2.75) is 13.8 Å². The highest BCUT2D eigenvalue weighted by atomic mass is 14.2. The lowest BCUT2D eigenvalue weighted by atomic mass is 9.83. The van der Waals surface area contributed by atoms with E-state index in [-0.39, 0.29) is 0 Å². The molecule has 3 rings (SSSR count). The number of rotatable bonds is 0. The summed E-state index contributed by atoms with van der Waals surface area (Å²) in [6.45, 7) is 4.51. The topological polar surface area (TPSA) is 0 Å². The average molecular weight is 220 g/mol. The van der Waals surface area contributed by atoms with Gasteiger partial charge in [0.05, 0.1) is 0 Å². The van der Waals surface area contributed by atoms with Crippen molar-refractivity contribution in [1.29, 1.82) is 0 Å². The van der Waals surface area contributed by atoms with Gasteiger partial charge < -0.3 is 0 Å². The van der Waals surface area contributed by atoms with E-state index in [0.717, 1.165) is 0 Å². The summed E-state index contributed by atoms with van der Waals surface area (Å²) < 4.78 is 0. The fourth-order valence-electron chi connectivity index (χ4n) is 2.61. The number of hydrogen-bond acceptors (Lipinski definition) is 0. The number of hydrogen-bond donors (Lipinski definition) is 0. The average Bonchev–Trinajstić information content (AvgIpc) is 2.53. The van der Waals surface area contributed by atoms with Crippen molar-refractivity contribution in [3.8, 4) is 0 Å². The van der Waals surface area contributed by atoms with Crippen LogP contribution in [0.15, 0.2) is 59.7 Å². The normalized spacial score (nSPS) is 21.8. The Hall–Kier alpha value is -1.82. The molecular weight excluding hydrogens is 204 g/mol. The van der Waals surface area contributed by atoms with Gasteiger partial charge in [-0.25, -0.2) is 0 Å². The quantitative estimate of drug-likeness (QED) is 0.630. The molecule has 2 aliphatic rings. The molecule has 0 heteroatoms. The second-order valence-electron chi connectivity index (χ2n) is 4.78. The number of fused-ring (bicyclic) bond motifs is 2. The molecule has 1 aromatic carbocycles. The van der Waals surface area contributed by atoms with E-state index in [4.69, 9.17) is 0 Å². The first kappa shape index (κ1) is 10.3. The molecule has 0 N–H and O–H groups in total. The zero-order valence-corrected chi connectivity index (χ0v) is 10.3. The van der Waals surface area contributed by atoms with Crippen LogP contribution >= 0.6 is 0 Å². The maximum atomic E-state index is 2.30. The molecule has 1 atom stereocenters. The van der Waals surface area contributed by atoms with Gasteiger partial charge in [0.2, 0.25) is 0 Å². The lowest BCUT2D eigenvalue weighted by molar-refractivity contribution is 0.870. The monoisotopic (exact) mass is 220 g/mol. The molecule has 0 spiro atoms. The molecule has 0 heterocycles. The summed E-state index contributed by atoms with van der Waals surface area (Å²) in [5.74, 6) is 0.507. The van der Waals surface area contributed by atoms with Gasteiger partial charge in [-0.15, -0.1) is 0 Å². The SMILES string of the molecule is CC1=CC=C2C=CC=c3ccccc3=C2C1C. The first-order chi connectivity index (χ1) is 8.27. The van der Waals surface area contributed by atoms with Crippen LogP contribution in [0.5, 0.6) is 0 Å². The molecule has 0 saturated heterocycles. The van der Waals surface area contributed by atoms with Gasteiger partial charge in [-0.05, 0) is 28.5 Å². The van der Waals surface area contributed by atoms with Gasteiger partial charge in [-0.2, -0.15) is 0 Å². The van der Waals surface area contributed by atoms with E-state index in [2.05, 4.69) is 68.5 Å². The maximum Gasteiger partial charge on any atom is 0.00322 e. The van der Waals surface area contributed by atoms with Crippen molar-refractivity contribution in [2.75, 3.05) is 0 Å². The van der Waals surface area contributed by atoms with E-state index in [1.165, 1.54) is 27.2 Å². The van der Waals surface area contributed by atoms with Crippen LogP contribution < -0.4 is 10.4 Å². The zero-order chi connectivity index (χ0) is 11.8. The summed E-state index contributed by atoms with van der Waals surface area (Å²) in [6.07, 6.45) is 11.0. The van der Waals surface area contributed by atoms with Crippen molar-refractivity contribution in [3.63, 3.8) is 0 Å². The van der Waals surface area contributed by atoms with E-state index >= 15 is 0 Å². The Labute approximate surface area is 102 Å². The largest absolute Gasteiger partial charge is 0.0660 e. The van der Waals surface area contributed by atoms with Gasteiger partial charge in [0.25, 0.3) is 0 Å². The summed E-state index contributed by atoms with van der Waals surface area (Å²) in [5, 5.41) is 2.70. The Balaban J connectivity index is 2.45. The minimum atomic E-state index is 0.507. The molecule has 0 bridgehead atoms. The maximum absolute atomic E-state index is 2.30. The van der Waals surface area contributed by atoms with E-state index in [1.807, 2.05) is 0 Å². The molecule has 0 radical (unpaired) electrons. The highest BCUT2D eigenvalue weighted by Crippen LogP contribution is 2.31. The van der Waals surface area contributed by atoms with Gasteiger partial charge in [-0.3, -0.25) is 0 Å². The standard InChI is InChI=1S/C17H16/c1-12-10-11-15-8-5-7-14-6-3-4-9-16(14)17(15)13(12)2/h3-11,13H,1-2H3. The second kappa shape index (κ2) is 3.89. The summed E-state index contributed by atoms with van der Waals surface area (Å²) in [7, 11) is 0. The van der Waals surface area contributed by atoms with Crippen molar-refractivity contribution < 1.29 is 0 Å². The minimum absolute atomic E-state index is 0.507. The van der Waals surface area contributed by atoms with Crippen LogP contribution in [0, 0.1) is 5.92 Å². The minimum Gasteiger partial charge on any atom is -0.0660 e. The van der Waals surface area contributed by atoms with E-state index in [1.54, 1.807) is 0 Å². The van der Waals surface area contributed by atoms with E-state index < -0.39 is 0 Å². The highest BCUT2D eigenvalue weighted by Gasteiger charge is 2.18. The Bertz CT molecular complexity index is 666. The van der Waals surface area contributed by atoms with Gasteiger partial charge in [-0.1, -0.05) is 67.1 Å². The lowest BCUT2D eigenvalue weighted by Crippen LogP contribution is -2.29. The first-order valence-corrected chi connectivity index (χ1v) is 6.14. The Morgan fingerprint density at radius 3 is 2.71 bits per heavy atom. The van der Waals surface area contributed by atoms with Crippen LogP contribution in [0.3, 0.4) is 0 Å². The van der Waals surface area contributed by atoms with Gasteiger partial charge in [0, 0.05) is 5.92 Å². The lowest BCUT2D eigenvalue weighted by Gasteiger charge is -2.21. The first-order valence-electron chi connectivity index (χ1n) is 6.14. The Morgan fingerprint density at radius 2 is 1.82 bits per heavy atom. The molecule has 17 heavy (non-hydrogen) atoms. The fourth-order valence-corrected chi connectivity index (χ4v) is 2.61. The van der Waals surface area contributed by atoms with Crippen LogP contribution in [-0.2, 0) is 0 Å². The van der Waals surface area contributed by atoms with Crippen LogP contribution in [0.2, 0.25) is 0 Å². The van der Waals surface area contributed by atoms with Crippen molar-refractivity contribution in [1.82, 2.24) is 0 Å². The molecule has 1 aromatic rings. The van der Waals surface area contributed by atoms with Crippen LogP contribution in [-0.4, -0.2) is 0 Å². The molecule has 84 valence electrons. The summed E-state index contributed by atoms with van der Waals surface area (Å²) in [4.78, 5) is 0. The zero-order valence-electron chi connectivity index (χ0n) is 10.3. The van der Waals surface area contributed by atoms with Gasteiger partial charge in [0.1, 0.15) is 0 Å². The van der Waals surface area contributed by atoms with Gasteiger partial charge >= 0.3 is 0 Å². The highest BCUT2D eigenvalue weighted by molar-refractivity contribution is 5.76.